The van der Waals surface area contributed by atoms with E-state index in [0.717, 1.165) is 23.2 Å². The summed E-state index contributed by atoms with van der Waals surface area (Å²) in [4.78, 5) is 15.0. The van der Waals surface area contributed by atoms with Crippen LogP contribution >= 0.6 is 0 Å². The van der Waals surface area contributed by atoms with Crippen molar-refractivity contribution in [3.05, 3.63) is 60.2 Å². The Labute approximate surface area is 103 Å². The van der Waals surface area contributed by atoms with Gasteiger partial charge in [0, 0.05) is 17.3 Å². The highest BCUT2D eigenvalue weighted by Gasteiger charge is 2.06. The van der Waals surface area contributed by atoms with Crippen LogP contribution in [0, 0.1) is 5.82 Å². The Hall–Kier alpha value is -2.49. The van der Waals surface area contributed by atoms with Crippen LogP contribution in [-0.4, -0.2) is 15.7 Å². The molecular weight excluding hydrogens is 231 g/mol. The molecule has 0 unspecified atom stereocenters. The van der Waals surface area contributed by atoms with Crippen molar-refractivity contribution < 1.29 is 9.18 Å². The number of fused-ring (bicyclic) bond motifs is 1. The average Bonchev–Trinajstić information content (AvgIpc) is 2.82. The Kier molecular flexibility index (Phi) is 2.41. The Morgan fingerprint density at radius 3 is 2.67 bits per heavy atom. The molecule has 0 spiro atoms. The summed E-state index contributed by atoms with van der Waals surface area (Å²) in [6, 6.07) is 9.63. The molecule has 0 saturated heterocycles. The predicted molar refractivity (Wildman–Crippen MR) is 66.0 cm³/mol. The van der Waals surface area contributed by atoms with Gasteiger partial charge in [-0.05, 0) is 36.4 Å². The molecule has 0 fully saturated rings. The topological polar surface area (TPSA) is 34.4 Å². The smallest absolute Gasteiger partial charge is 0.150 e. The van der Waals surface area contributed by atoms with E-state index in [1.54, 1.807) is 36.7 Å². The van der Waals surface area contributed by atoms with Gasteiger partial charge in [0.1, 0.15) is 17.9 Å². The first-order valence-electron chi connectivity index (χ1n) is 5.46. The maximum Gasteiger partial charge on any atom is 0.150 e. The number of imidazole rings is 1. The molecule has 2 heterocycles. The number of halogens is 1. The summed E-state index contributed by atoms with van der Waals surface area (Å²) in [6.45, 7) is 0. The molecule has 0 radical (unpaired) electrons. The molecule has 88 valence electrons. The molecule has 1 aromatic carbocycles. The van der Waals surface area contributed by atoms with Gasteiger partial charge in [-0.15, -0.1) is 0 Å². The van der Waals surface area contributed by atoms with Crippen molar-refractivity contribution in [2.45, 2.75) is 0 Å². The van der Waals surface area contributed by atoms with Gasteiger partial charge < -0.3 is 0 Å². The quantitative estimate of drug-likeness (QED) is 0.645. The standard InChI is InChI=1S/C14H9FN2O/c15-12-3-1-11(2-4-12)14-16-8-13-7-10(9-18)5-6-17(13)14/h1-9H. The fraction of sp³-hybridized carbons (Fsp3) is 0. The zero-order valence-corrected chi connectivity index (χ0v) is 9.38. The van der Waals surface area contributed by atoms with Crippen LogP contribution in [0.5, 0.6) is 0 Å². The molecule has 4 heteroatoms. The van der Waals surface area contributed by atoms with Gasteiger partial charge in [0.2, 0.25) is 0 Å². The second-order valence-electron chi connectivity index (χ2n) is 3.96. The minimum atomic E-state index is -0.275. The normalized spacial score (nSPS) is 10.7. The van der Waals surface area contributed by atoms with Crippen LogP contribution in [0.3, 0.4) is 0 Å². The molecule has 0 aliphatic carbocycles. The molecule has 0 N–H and O–H groups in total. The summed E-state index contributed by atoms with van der Waals surface area (Å²) in [5, 5.41) is 0. The Bertz CT molecular complexity index is 716. The van der Waals surface area contributed by atoms with Crippen LogP contribution in [0.1, 0.15) is 10.4 Å². The number of benzene rings is 1. The molecule has 0 atom stereocenters. The second-order valence-corrected chi connectivity index (χ2v) is 3.96. The number of pyridine rings is 1. The van der Waals surface area contributed by atoms with E-state index >= 15 is 0 Å². The predicted octanol–water partition coefficient (Wildman–Crippen LogP) is 2.95. The maximum absolute atomic E-state index is 12.9. The number of nitrogens with zero attached hydrogens (tertiary/aromatic N) is 2. The lowest BCUT2D eigenvalue weighted by atomic mass is 10.2. The van der Waals surface area contributed by atoms with Gasteiger partial charge in [0.05, 0.1) is 11.7 Å². The number of hydrogen-bond donors (Lipinski definition) is 0. The van der Waals surface area contributed by atoms with E-state index in [2.05, 4.69) is 4.98 Å². The van der Waals surface area contributed by atoms with Crippen molar-refractivity contribution in [1.82, 2.24) is 9.38 Å². The van der Waals surface area contributed by atoms with Gasteiger partial charge in [0.15, 0.2) is 0 Å². The summed E-state index contributed by atoms with van der Waals surface area (Å²) < 4.78 is 14.7. The monoisotopic (exact) mass is 240 g/mol. The summed E-state index contributed by atoms with van der Waals surface area (Å²) in [6.07, 6.45) is 4.26. The SMILES string of the molecule is O=Cc1ccn2c(-c3ccc(F)cc3)ncc2c1. The van der Waals surface area contributed by atoms with Crippen molar-refractivity contribution in [2.24, 2.45) is 0 Å². The zero-order chi connectivity index (χ0) is 12.5. The van der Waals surface area contributed by atoms with E-state index in [4.69, 9.17) is 0 Å². The van der Waals surface area contributed by atoms with Crippen LogP contribution in [-0.2, 0) is 0 Å². The maximum atomic E-state index is 12.9. The van der Waals surface area contributed by atoms with E-state index in [1.807, 2.05) is 4.40 Å². The van der Waals surface area contributed by atoms with Gasteiger partial charge in [0.25, 0.3) is 0 Å². The van der Waals surface area contributed by atoms with Crippen molar-refractivity contribution in [3.8, 4) is 11.4 Å². The molecule has 0 saturated carbocycles. The van der Waals surface area contributed by atoms with Crippen LogP contribution in [0.2, 0.25) is 0 Å². The first-order chi connectivity index (χ1) is 8.78. The van der Waals surface area contributed by atoms with E-state index in [0.29, 0.717) is 5.56 Å². The minimum Gasteiger partial charge on any atom is -0.300 e. The van der Waals surface area contributed by atoms with Gasteiger partial charge in [-0.3, -0.25) is 9.20 Å². The highest BCUT2D eigenvalue weighted by Crippen LogP contribution is 2.20. The van der Waals surface area contributed by atoms with Gasteiger partial charge in [-0.1, -0.05) is 0 Å². The van der Waals surface area contributed by atoms with Crippen LogP contribution < -0.4 is 0 Å². The number of aldehydes is 1. The Balaban J connectivity index is 2.18. The van der Waals surface area contributed by atoms with Crippen molar-refractivity contribution in [1.29, 1.82) is 0 Å². The first kappa shape index (κ1) is 10.7. The van der Waals surface area contributed by atoms with Crippen molar-refractivity contribution >= 4 is 11.8 Å². The summed E-state index contributed by atoms with van der Waals surface area (Å²) in [5.74, 6) is 0.449. The molecular formula is C14H9FN2O. The molecule has 3 nitrogen and oxygen atoms in total. The van der Waals surface area contributed by atoms with E-state index in [1.165, 1.54) is 12.1 Å². The molecule has 3 aromatic rings. The molecule has 0 aliphatic rings. The molecule has 3 rings (SSSR count). The first-order valence-corrected chi connectivity index (χ1v) is 5.46. The van der Waals surface area contributed by atoms with Gasteiger partial charge in [-0.2, -0.15) is 0 Å². The van der Waals surface area contributed by atoms with Gasteiger partial charge in [-0.25, -0.2) is 9.37 Å². The molecule has 0 aliphatic heterocycles. The van der Waals surface area contributed by atoms with E-state index in [-0.39, 0.29) is 5.82 Å². The summed E-state index contributed by atoms with van der Waals surface area (Å²) in [5.41, 5.74) is 2.27. The zero-order valence-electron chi connectivity index (χ0n) is 9.38. The van der Waals surface area contributed by atoms with Crippen molar-refractivity contribution in [2.75, 3.05) is 0 Å². The molecule has 0 amide bonds. The Morgan fingerprint density at radius 1 is 1.17 bits per heavy atom. The third kappa shape index (κ3) is 1.68. The van der Waals surface area contributed by atoms with Gasteiger partial charge >= 0.3 is 0 Å². The third-order valence-corrected chi connectivity index (χ3v) is 2.79. The highest BCUT2D eigenvalue weighted by molar-refractivity contribution is 5.78. The van der Waals surface area contributed by atoms with Crippen LogP contribution in [0.4, 0.5) is 4.39 Å². The third-order valence-electron chi connectivity index (χ3n) is 2.79. The lowest BCUT2D eigenvalue weighted by Crippen LogP contribution is -1.90. The van der Waals surface area contributed by atoms with Crippen LogP contribution in [0.25, 0.3) is 16.9 Å². The fourth-order valence-electron chi connectivity index (χ4n) is 1.90. The lowest BCUT2D eigenvalue weighted by Gasteiger charge is -2.01. The van der Waals surface area contributed by atoms with Crippen molar-refractivity contribution in [3.63, 3.8) is 0 Å². The minimum absolute atomic E-state index is 0.275. The molecule has 18 heavy (non-hydrogen) atoms. The Morgan fingerprint density at radius 2 is 1.94 bits per heavy atom. The number of rotatable bonds is 2. The lowest BCUT2D eigenvalue weighted by molar-refractivity contribution is 0.112. The highest BCUT2D eigenvalue weighted by atomic mass is 19.1. The average molecular weight is 240 g/mol. The number of carbonyl (C=O) groups excluding carboxylic acids is 1. The number of aromatic nitrogens is 2. The second kappa shape index (κ2) is 4.07. The van der Waals surface area contributed by atoms with E-state index < -0.39 is 0 Å². The summed E-state index contributed by atoms with van der Waals surface area (Å²) in [7, 11) is 0. The van der Waals surface area contributed by atoms with Crippen LogP contribution in [0.15, 0.2) is 48.8 Å². The summed E-state index contributed by atoms with van der Waals surface area (Å²) >= 11 is 0. The number of hydrogen-bond acceptors (Lipinski definition) is 2. The fourth-order valence-corrected chi connectivity index (χ4v) is 1.90. The largest absolute Gasteiger partial charge is 0.300 e. The molecule has 2 aromatic heterocycles. The van der Waals surface area contributed by atoms with E-state index in [9.17, 15) is 9.18 Å². The number of carbonyl (C=O) groups is 1. The molecule has 0 bridgehead atoms.